The first-order chi connectivity index (χ1) is 12.5. The second kappa shape index (κ2) is 6.98. The topological polar surface area (TPSA) is 56.3 Å². The van der Waals surface area contributed by atoms with E-state index in [1.54, 1.807) is 22.7 Å². The summed E-state index contributed by atoms with van der Waals surface area (Å²) in [7, 11) is 0. The molecule has 26 heavy (non-hydrogen) atoms. The minimum Gasteiger partial charge on any atom is -0.454 e. The van der Waals surface area contributed by atoms with Gasteiger partial charge < -0.3 is 14.8 Å². The fourth-order valence-electron chi connectivity index (χ4n) is 2.58. The summed E-state index contributed by atoms with van der Waals surface area (Å²) in [6, 6.07) is 5.95. The minimum atomic E-state index is 0.100. The zero-order valence-corrected chi connectivity index (χ0v) is 16.7. The van der Waals surface area contributed by atoms with Gasteiger partial charge in [0.2, 0.25) is 6.79 Å². The Morgan fingerprint density at radius 1 is 1.04 bits per heavy atom. The van der Waals surface area contributed by atoms with Crippen molar-refractivity contribution in [2.75, 3.05) is 6.79 Å². The number of rotatable bonds is 5. The third-order valence-corrected chi connectivity index (χ3v) is 5.86. The summed E-state index contributed by atoms with van der Waals surface area (Å²) in [4.78, 5) is 9.44. The molecular formula is C19H21N3O2S2. The largest absolute Gasteiger partial charge is 0.454 e. The van der Waals surface area contributed by atoms with E-state index in [4.69, 9.17) is 19.4 Å². The van der Waals surface area contributed by atoms with Gasteiger partial charge in [-0.2, -0.15) is 0 Å². The lowest BCUT2D eigenvalue weighted by molar-refractivity contribution is 0.174. The van der Waals surface area contributed by atoms with E-state index in [2.05, 4.69) is 36.8 Å². The van der Waals surface area contributed by atoms with Crippen molar-refractivity contribution in [3.8, 4) is 22.1 Å². The van der Waals surface area contributed by atoms with Crippen molar-refractivity contribution in [2.24, 2.45) is 0 Å². The Bertz CT molecular complexity index is 912. The minimum absolute atomic E-state index is 0.100. The predicted octanol–water partition coefficient (Wildman–Crippen LogP) is 4.58. The molecule has 0 unspecified atom stereocenters. The van der Waals surface area contributed by atoms with Gasteiger partial charge in [-0.15, -0.1) is 22.7 Å². The summed E-state index contributed by atoms with van der Waals surface area (Å²) in [6.45, 7) is 8.34. The van der Waals surface area contributed by atoms with Crippen molar-refractivity contribution >= 4 is 22.7 Å². The van der Waals surface area contributed by atoms with Gasteiger partial charge in [-0.1, -0.05) is 20.8 Å². The summed E-state index contributed by atoms with van der Waals surface area (Å²) in [5, 5.41) is 9.78. The number of hydrogen-bond donors (Lipinski definition) is 1. The standard InChI is InChI=1S/C19H21N3O2S2/c1-19(2,3)16-10-25-17(22-16)8-20-7-13-9-26-18(21-13)12-4-5-14-15(6-12)24-11-23-14/h4-6,9-10,20H,7-8,11H2,1-3H3. The Hall–Kier alpha value is -1.96. The Morgan fingerprint density at radius 3 is 2.69 bits per heavy atom. The van der Waals surface area contributed by atoms with Crippen LogP contribution in [0, 0.1) is 0 Å². The molecule has 0 spiro atoms. The third kappa shape index (κ3) is 3.75. The number of fused-ring (bicyclic) bond motifs is 1. The molecule has 1 aromatic carbocycles. The van der Waals surface area contributed by atoms with Crippen LogP contribution in [0.4, 0.5) is 0 Å². The van der Waals surface area contributed by atoms with Crippen molar-refractivity contribution in [1.82, 2.24) is 15.3 Å². The zero-order valence-electron chi connectivity index (χ0n) is 15.0. The van der Waals surface area contributed by atoms with Crippen LogP contribution in [0.15, 0.2) is 29.0 Å². The number of thiazole rings is 2. The molecule has 0 amide bonds. The first kappa shape index (κ1) is 17.5. The maximum absolute atomic E-state index is 5.44. The van der Waals surface area contributed by atoms with Crippen molar-refractivity contribution in [1.29, 1.82) is 0 Å². The van der Waals surface area contributed by atoms with Gasteiger partial charge in [-0.05, 0) is 18.2 Å². The highest BCUT2D eigenvalue weighted by Gasteiger charge is 2.17. The molecule has 5 nitrogen and oxygen atoms in total. The number of hydrogen-bond acceptors (Lipinski definition) is 7. The highest BCUT2D eigenvalue weighted by atomic mass is 32.1. The van der Waals surface area contributed by atoms with E-state index < -0.39 is 0 Å². The second-order valence-electron chi connectivity index (χ2n) is 7.19. The van der Waals surface area contributed by atoms with Crippen LogP contribution in [0.5, 0.6) is 11.5 Å². The van der Waals surface area contributed by atoms with Gasteiger partial charge >= 0.3 is 0 Å². The van der Waals surface area contributed by atoms with E-state index in [1.807, 2.05) is 18.2 Å². The molecule has 1 N–H and O–H groups in total. The van der Waals surface area contributed by atoms with E-state index in [-0.39, 0.29) is 5.41 Å². The SMILES string of the molecule is CC(C)(C)c1csc(CNCc2csc(-c3ccc4c(c3)OCO4)n2)n1. The third-order valence-electron chi connectivity index (χ3n) is 4.07. The van der Waals surface area contributed by atoms with Crippen LogP contribution >= 0.6 is 22.7 Å². The fraction of sp³-hybridized carbons (Fsp3) is 0.368. The summed E-state index contributed by atoms with van der Waals surface area (Å²) in [5.74, 6) is 1.58. The highest BCUT2D eigenvalue weighted by molar-refractivity contribution is 7.13. The van der Waals surface area contributed by atoms with Crippen LogP contribution in [0.3, 0.4) is 0 Å². The lowest BCUT2D eigenvalue weighted by atomic mass is 9.93. The molecule has 1 aliphatic rings. The fourth-order valence-corrected chi connectivity index (χ4v) is 4.39. The van der Waals surface area contributed by atoms with E-state index in [1.165, 1.54) is 0 Å². The van der Waals surface area contributed by atoms with Crippen molar-refractivity contribution in [3.05, 3.63) is 45.4 Å². The molecule has 0 bridgehead atoms. The quantitative estimate of drug-likeness (QED) is 0.694. The lowest BCUT2D eigenvalue weighted by Gasteiger charge is -2.14. The zero-order chi connectivity index (χ0) is 18.1. The first-order valence-corrected chi connectivity index (χ1v) is 10.2. The van der Waals surface area contributed by atoms with E-state index in [0.29, 0.717) is 6.79 Å². The summed E-state index contributed by atoms with van der Waals surface area (Å²) in [6.07, 6.45) is 0. The van der Waals surface area contributed by atoms with Crippen LogP contribution in [0.1, 0.15) is 37.2 Å². The average molecular weight is 388 g/mol. The maximum atomic E-state index is 5.44. The van der Waals surface area contributed by atoms with Crippen LogP contribution in [0.2, 0.25) is 0 Å². The van der Waals surface area contributed by atoms with Crippen LogP contribution in [0.25, 0.3) is 10.6 Å². The molecular weight excluding hydrogens is 366 g/mol. The molecule has 0 radical (unpaired) electrons. The number of benzene rings is 1. The van der Waals surface area contributed by atoms with E-state index >= 15 is 0 Å². The van der Waals surface area contributed by atoms with Gasteiger partial charge in [-0.3, -0.25) is 0 Å². The second-order valence-corrected chi connectivity index (χ2v) is 8.99. The molecule has 0 aliphatic carbocycles. The molecule has 0 atom stereocenters. The van der Waals surface area contributed by atoms with Crippen LogP contribution < -0.4 is 14.8 Å². The molecule has 3 aromatic rings. The van der Waals surface area contributed by atoms with Gasteiger partial charge in [-0.25, -0.2) is 9.97 Å². The molecule has 0 fully saturated rings. The summed E-state index contributed by atoms with van der Waals surface area (Å²) < 4.78 is 10.8. The number of nitrogens with one attached hydrogen (secondary N) is 1. The van der Waals surface area contributed by atoms with Crippen LogP contribution in [-0.4, -0.2) is 16.8 Å². The van der Waals surface area contributed by atoms with Gasteiger partial charge in [0, 0.05) is 34.8 Å². The van der Waals surface area contributed by atoms with Gasteiger partial charge in [0.05, 0.1) is 11.4 Å². The van der Waals surface area contributed by atoms with E-state index in [0.717, 1.165) is 51.6 Å². The summed E-state index contributed by atoms with van der Waals surface area (Å²) >= 11 is 3.35. The number of nitrogens with zero attached hydrogens (tertiary/aromatic N) is 2. The number of ether oxygens (including phenoxy) is 2. The molecule has 1 aliphatic heterocycles. The van der Waals surface area contributed by atoms with Gasteiger partial charge in [0.15, 0.2) is 11.5 Å². The summed E-state index contributed by atoms with van der Waals surface area (Å²) in [5.41, 5.74) is 3.34. The average Bonchev–Trinajstić information content (AvgIpc) is 3.34. The molecule has 7 heteroatoms. The van der Waals surface area contributed by atoms with Crippen molar-refractivity contribution < 1.29 is 9.47 Å². The van der Waals surface area contributed by atoms with Gasteiger partial charge in [0.1, 0.15) is 10.0 Å². The highest BCUT2D eigenvalue weighted by Crippen LogP contribution is 2.36. The molecule has 0 saturated heterocycles. The Balaban J connectivity index is 1.36. The van der Waals surface area contributed by atoms with Crippen LogP contribution in [-0.2, 0) is 18.5 Å². The molecule has 136 valence electrons. The van der Waals surface area contributed by atoms with Gasteiger partial charge in [0.25, 0.3) is 0 Å². The Kier molecular flexibility index (Phi) is 4.69. The monoisotopic (exact) mass is 387 g/mol. The van der Waals surface area contributed by atoms with Crippen molar-refractivity contribution in [3.63, 3.8) is 0 Å². The Labute approximate surface area is 161 Å². The molecule has 3 heterocycles. The first-order valence-electron chi connectivity index (χ1n) is 8.49. The predicted molar refractivity (Wildman–Crippen MR) is 105 cm³/mol. The molecule has 0 saturated carbocycles. The van der Waals surface area contributed by atoms with E-state index in [9.17, 15) is 0 Å². The maximum Gasteiger partial charge on any atom is 0.231 e. The lowest BCUT2D eigenvalue weighted by Crippen LogP contribution is -2.14. The molecule has 4 rings (SSSR count). The normalized spacial score (nSPS) is 13.3. The Morgan fingerprint density at radius 2 is 1.88 bits per heavy atom. The smallest absolute Gasteiger partial charge is 0.231 e. The van der Waals surface area contributed by atoms with Crippen molar-refractivity contribution in [2.45, 2.75) is 39.3 Å². The molecule has 2 aromatic heterocycles. The number of aromatic nitrogens is 2.